The molecule has 3 heterocycles. The largest absolute Gasteiger partial charge is 0.473 e. The summed E-state index contributed by atoms with van der Waals surface area (Å²) in [7, 11) is 0. The maximum atomic E-state index is 12.7. The minimum atomic E-state index is -0.173. The van der Waals surface area contributed by atoms with Crippen LogP contribution in [0.15, 0.2) is 127 Å². The number of anilines is 1. The molecule has 0 unspecified atom stereocenters. The molecule has 8 rings (SSSR count). The first-order valence-corrected chi connectivity index (χ1v) is 19.2. The minimum absolute atomic E-state index is 0.173. The van der Waals surface area contributed by atoms with E-state index in [9.17, 15) is 4.79 Å². The van der Waals surface area contributed by atoms with E-state index in [1.165, 1.54) is 31.4 Å². The average molecular weight is 708 g/mol. The molecule has 2 aliphatic heterocycles. The van der Waals surface area contributed by atoms with E-state index in [0.29, 0.717) is 37.0 Å². The Morgan fingerprint density at radius 3 is 1.79 bits per heavy atom. The van der Waals surface area contributed by atoms with Gasteiger partial charge in [-0.15, -0.1) is 0 Å². The third-order valence-electron chi connectivity index (χ3n) is 11.7. The van der Waals surface area contributed by atoms with Crippen LogP contribution in [-0.2, 0) is 24.6 Å². The quantitative estimate of drug-likeness (QED) is 0.136. The summed E-state index contributed by atoms with van der Waals surface area (Å²) in [6.45, 7) is 5.04. The van der Waals surface area contributed by atoms with Gasteiger partial charge in [-0.1, -0.05) is 103 Å². The van der Waals surface area contributed by atoms with Gasteiger partial charge in [-0.05, 0) is 96.2 Å². The smallest absolute Gasteiger partial charge is 0.410 e. The highest BCUT2D eigenvalue weighted by molar-refractivity contribution is 5.71. The molecule has 1 aromatic heterocycles. The van der Waals surface area contributed by atoms with Crippen molar-refractivity contribution in [3.8, 4) is 22.9 Å². The summed E-state index contributed by atoms with van der Waals surface area (Å²) < 4.78 is 18.0. The molecule has 1 amide bonds. The fourth-order valence-corrected chi connectivity index (χ4v) is 8.54. The van der Waals surface area contributed by atoms with E-state index in [4.69, 9.17) is 19.2 Å². The molecule has 0 bridgehead atoms. The molecule has 0 N–H and O–H groups in total. The lowest BCUT2D eigenvalue weighted by Gasteiger charge is -2.55. The molecule has 7 nitrogen and oxygen atoms in total. The number of ether oxygens (including phenoxy) is 3. The lowest BCUT2D eigenvalue weighted by Crippen LogP contribution is -2.50. The number of piperidine rings is 2. The number of likely N-dealkylation sites (tertiary alicyclic amines) is 1. The molecule has 0 atom stereocenters. The maximum Gasteiger partial charge on any atom is 0.410 e. The van der Waals surface area contributed by atoms with Gasteiger partial charge in [0.1, 0.15) is 19.8 Å². The van der Waals surface area contributed by atoms with Crippen LogP contribution in [0.3, 0.4) is 0 Å². The van der Waals surface area contributed by atoms with Crippen molar-refractivity contribution in [1.29, 1.82) is 0 Å². The Balaban J connectivity index is 0.833. The molecule has 3 aliphatic rings. The standard InChI is InChI=1S/C46H49N3O4/c50-45(53-34-37-14-8-3-9-15-37)49-26-22-38(23-27-49)40-30-46(31-40)24-28-48(29-25-46)41-18-16-39(17-19-41)42-20-21-43(51-32-35-10-4-1-5-11-35)47-44(42)52-33-36-12-6-2-7-13-36/h1-21,38,40H,22-34H2. The van der Waals surface area contributed by atoms with Gasteiger partial charge < -0.3 is 24.0 Å². The van der Waals surface area contributed by atoms with Gasteiger partial charge in [0.2, 0.25) is 11.8 Å². The molecule has 2 saturated heterocycles. The van der Waals surface area contributed by atoms with Crippen molar-refractivity contribution in [2.75, 3.05) is 31.1 Å². The van der Waals surface area contributed by atoms with Crippen molar-refractivity contribution in [2.45, 2.75) is 58.3 Å². The number of rotatable bonds is 11. The van der Waals surface area contributed by atoms with Crippen LogP contribution in [0.4, 0.5) is 10.5 Å². The number of nitrogens with zero attached hydrogens (tertiary/aromatic N) is 3. The van der Waals surface area contributed by atoms with Gasteiger partial charge in [0.25, 0.3) is 0 Å². The summed E-state index contributed by atoms with van der Waals surface area (Å²) in [4.78, 5) is 21.9. The fourth-order valence-electron chi connectivity index (χ4n) is 8.54. The second-order valence-electron chi connectivity index (χ2n) is 15.1. The average Bonchev–Trinajstić information content (AvgIpc) is 3.22. The summed E-state index contributed by atoms with van der Waals surface area (Å²) in [5.41, 5.74) is 7.01. The summed E-state index contributed by atoms with van der Waals surface area (Å²) in [5.74, 6) is 2.64. The fraction of sp³-hybridized carbons (Fsp3) is 0.348. The van der Waals surface area contributed by atoms with Gasteiger partial charge in [-0.25, -0.2) is 4.79 Å². The first-order valence-electron chi connectivity index (χ1n) is 19.2. The summed E-state index contributed by atoms with van der Waals surface area (Å²) in [6, 6.07) is 43.1. The van der Waals surface area contributed by atoms with E-state index in [0.717, 1.165) is 78.7 Å². The predicted octanol–water partition coefficient (Wildman–Crippen LogP) is 9.95. The molecule has 272 valence electrons. The summed E-state index contributed by atoms with van der Waals surface area (Å²) in [6.07, 6.45) is 7.20. The number of aromatic nitrogens is 1. The number of carbonyl (C=O) groups is 1. The van der Waals surface area contributed by atoms with Crippen LogP contribution >= 0.6 is 0 Å². The maximum absolute atomic E-state index is 12.7. The van der Waals surface area contributed by atoms with E-state index in [2.05, 4.69) is 59.5 Å². The van der Waals surface area contributed by atoms with Crippen LogP contribution < -0.4 is 14.4 Å². The van der Waals surface area contributed by atoms with Crippen molar-refractivity contribution < 1.29 is 19.0 Å². The Hall–Kier alpha value is -5.30. The van der Waals surface area contributed by atoms with Crippen LogP contribution in [0.25, 0.3) is 11.1 Å². The Labute approximate surface area is 313 Å². The van der Waals surface area contributed by atoms with Gasteiger partial charge >= 0.3 is 6.09 Å². The zero-order valence-corrected chi connectivity index (χ0v) is 30.4. The zero-order valence-electron chi connectivity index (χ0n) is 30.4. The van der Waals surface area contributed by atoms with E-state index in [1.807, 2.05) is 77.7 Å². The lowest BCUT2D eigenvalue weighted by atomic mass is 9.53. The van der Waals surface area contributed by atoms with E-state index in [-0.39, 0.29) is 6.09 Å². The molecule has 1 aliphatic carbocycles. The number of amides is 1. The van der Waals surface area contributed by atoms with Crippen molar-refractivity contribution in [1.82, 2.24) is 9.88 Å². The van der Waals surface area contributed by atoms with Gasteiger partial charge in [0.05, 0.1) is 0 Å². The van der Waals surface area contributed by atoms with Crippen molar-refractivity contribution in [3.63, 3.8) is 0 Å². The minimum Gasteiger partial charge on any atom is -0.473 e. The monoisotopic (exact) mass is 707 g/mol. The second kappa shape index (κ2) is 16.2. The molecular weight excluding hydrogens is 659 g/mol. The van der Waals surface area contributed by atoms with Gasteiger partial charge in [0, 0.05) is 43.5 Å². The van der Waals surface area contributed by atoms with Gasteiger partial charge in [-0.3, -0.25) is 0 Å². The highest BCUT2D eigenvalue weighted by atomic mass is 16.6. The van der Waals surface area contributed by atoms with Crippen molar-refractivity contribution in [2.24, 2.45) is 17.3 Å². The van der Waals surface area contributed by atoms with Crippen LogP contribution in [-0.4, -0.2) is 42.2 Å². The number of hydrogen-bond donors (Lipinski definition) is 0. The SMILES string of the molecule is O=C(OCc1ccccc1)N1CCC(C2CC3(CCN(c4ccc(-c5ccc(OCc6ccccc6)nc5OCc5ccccc5)cc4)CC3)C2)CC1. The molecule has 1 spiro atoms. The first-order chi connectivity index (χ1) is 26.1. The highest BCUT2D eigenvalue weighted by Gasteiger charge is 2.48. The number of benzene rings is 4. The topological polar surface area (TPSA) is 64.1 Å². The highest BCUT2D eigenvalue weighted by Crippen LogP contribution is 2.56. The number of pyridine rings is 1. The Morgan fingerprint density at radius 1 is 0.623 bits per heavy atom. The summed E-state index contributed by atoms with van der Waals surface area (Å²) >= 11 is 0. The molecule has 5 aromatic rings. The van der Waals surface area contributed by atoms with Gasteiger partial charge in [0.15, 0.2) is 0 Å². The third kappa shape index (κ3) is 8.51. The normalized spacial score (nSPS) is 17.3. The van der Waals surface area contributed by atoms with Gasteiger partial charge in [-0.2, -0.15) is 4.98 Å². The van der Waals surface area contributed by atoms with Crippen LogP contribution in [0.5, 0.6) is 11.8 Å². The van der Waals surface area contributed by atoms with Crippen LogP contribution in [0.1, 0.15) is 55.2 Å². The third-order valence-corrected chi connectivity index (χ3v) is 11.7. The molecule has 3 fully saturated rings. The van der Waals surface area contributed by atoms with Crippen molar-refractivity contribution in [3.05, 3.63) is 144 Å². The number of carbonyl (C=O) groups excluding carboxylic acids is 1. The summed E-state index contributed by atoms with van der Waals surface area (Å²) in [5, 5.41) is 0. The first kappa shape index (κ1) is 34.8. The molecule has 53 heavy (non-hydrogen) atoms. The molecule has 0 radical (unpaired) electrons. The van der Waals surface area contributed by atoms with Crippen molar-refractivity contribution >= 4 is 11.8 Å². The van der Waals surface area contributed by atoms with E-state index >= 15 is 0 Å². The molecular formula is C46H49N3O4. The Morgan fingerprint density at radius 2 is 1.19 bits per heavy atom. The van der Waals surface area contributed by atoms with E-state index < -0.39 is 0 Å². The molecule has 7 heteroatoms. The predicted molar refractivity (Wildman–Crippen MR) is 209 cm³/mol. The molecule has 4 aromatic carbocycles. The molecule has 1 saturated carbocycles. The van der Waals surface area contributed by atoms with E-state index in [1.54, 1.807) is 0 Å². The number of hydrogen-bond acceptors (Lipinski definition) is 6. The zero-order chi connectivity index (χ0) is 35.9. The second-order valence-corrected chi connectivity index (χ2v) is 15.1. The van der Waals surface area contributed by atoms with Crippen LogP contribution in [0.2, 0.25) is 0 Å². The Bertz CT molecular complexity index is 1910. The van der Waals surface area contributed by atoms with Crippen LogP contribution in [0, 0.1) is 17.3 Å². The Kier molecular flexibility index (Phi) is 10.6. The lowest BCUT2D eigenvalue weighted by molar-refractivity contribution is -0.0226.